The van der Waals surface area contributed by atoms with Crippen LogP contribution in [0, 0.1) is 0 Å². The van der Waals surface area contributed by atoms with Crippen molar-refractivity contribution in [3.8, 4) is 0 Å². The number of benzene rings is 1. The van der Waals surface area contributed by atoms with E-state index in [4.69, 9.17) is 5.73 Å². The number of thioether (sulfide) groups is 1. The van der Waals surface area contributed by atoms with Gasteiger partial charge >= 0.3 is 0 Å². The largest absolute Gasteiger partial charge is 0.367 e. The first-order valence-electron chi connectivity index (χ1n) is 6.33. The second-order valence-corrected chi connectivity index (χ2v) is 6.38. The summed E-state index contributed by atoms with van der Waals surface area (Å²) < 4.78 is 0. The molecule has 1 saturated heterocycles. The van der Waals surface area contributed by atoms with Crippen LogP contribution in [-0.4, -0.2) is 23.6 Å². The molecular formula is C14H22N2S. The van der Waals surface area contributed by atoms with E-state index in [0.29, 0.717) is 11.3 Å². The average Bonchev–Trinajstić information content (AvgIpc) is 2.33. The highest BCUT2D eigenvalue weighted by atomic mass is 32.2. The molecule has 0 radical (unpaired) electrons. The molecule has 2 nitrogen and oxygen atoms in total. The van der Waals surface area contributed by atoms with Gasteiger partial charge in [0, 0.05) is 35.3 Å². The van der Waals surface area contributed by atoms with Crippen molar-refractivity contribution >= 4 is 17.4 Å². The third-order valence-electron chi connectivity index (χ3n) is 3.63. The number of anilines is 1. The van der Waals surface area contributed by atoms with Gasteiger partial charge in [-0.15, -0.1) is 0 Å². The van der Waals surface area contributed by atoms with Crippen LogP contribution < -0.4 is 10.6 Å². The minimum Gasteiger partial charge on any atom is -0.367 e. The Labute approximate surface area is 109 Å². The van der Waals surface area contributed by atoms with Gasteiger partial charge in [-0.25, -0.2) is 0 Å². The van der Waals surface area contributed by atoms with E-state index in [-0.39, 0.29) is 6.04 Å². The van der Waals surface area contributed by atoms with Gasteiger partial charge in [-0.1, -0.05) is 19.1 Å². The summed E-state index contributed by atoms with van der Waals surface area (Å²) in [6.07, 6.45) is 0. The molecule has 0 aromatic heterocycles. The Bertz CT molecular complexity index is 361. The zero-order valence-electron chi connectivity index (χ0n) is 10.9. The first-order chi connectivity index (χ1) is 8.09. The lowest BCUT2D eigenvalue weighted by atomic mass is 10.1. The number of rotatable bonds is 2. The van der Waals surface area contributed by atoms with Gasteiger partial charge in [0.15, 0.2) is 0 Å². The molecule has 0 amide bonds. The van der Waals surface area contributed by atoms with E-state index in [0.717, 1.165) is 6.54 Å². The summed E-state index contributed by atoms with van der Waals surface area (Å²) in [4.78, 5) is 2.51. The zero-order chi connectivity index (χ0) is 12.4. The Kier molecular flexibility index (Phi) is 4.00. The van der Waals surface area contributed by atoms with E-state index >= 15 is 0 Å². The lowest BCUT2D eigenvalue weighted by Gasteiger charge is -2.39. The van der Waals surface area contributed by atoms with E-state index in [1.54, 1.807) is 0 Å². The van der Waals surface area contributed by atoms with Gasteiger partial charge in [-0.3, -0.25) is 0 Å². The zero-order valence-corrected chi connectivity index (χ0v) is 11.7. The van der Waals surface area contributed by atoms with Crippen LogP contribution >= 0.6 is 11.8 Å². The first kappa shape index (κ1) is 12.8. The summed E-state index contributed by atoms with van der Waals surface area (Å²) in [6, 6.07) is 9.45. The van der Waals surface area contributed by atoms with Crippen LogP contribution in [0.3, 0.4) is 0 Å². The lowest BCUT2D eigenvalue weighted by Crippen LogP contribution is -2.44. The monoisotopic (exact) mass is 250 g/mol. The molecule has 0 bridgehead atoms. The van der Waals surface area contributed by atoms with Crippen molar-refractivity contribution < 1.29 is 0 Å². The molecule has 1 aliphatic heterocycles. The van der Waals surface area contributed by atoms with Crippen LogP contribution in [0.2, 0.25) is 0 Å². The number of hydrogen-bond donors (Lipinski definition) is 1. The van der Waals surface area contributed by atoms with Gasteiger partial charge in [0.2, 0.25) is 0 Å². The van der Waals surface area contributed by atoms with Crippen molar-refractivity contribution in [3.05, 3.63) is 29.8 Å². The molecule has 2 unspecified atom stereocenters. The van der Waals surface area contributed by atoms with E-state index < -0.39 is 0 Å². The topological polar surface area (TPSA) is 29.3 Å². The summed E-state index contributed by atoms with van der Waals surface area (Å²) in [5, 5.41) is 0.705. The van der Waals surface area contributed by atoms with Crippen LogP contribution in [0.4, 0.5) is 5.69 Å². The Balaban J connectivity index is 2.16. The van der Waals surface area contributed by atoms with Gasteiger partial charge < -0.3 is 10.6 Å². The molecule has 2 N–H and O–H groups in total. The Morgan fingerprint density at radius 1 is 1.29 bits per heavy atom. The van der Waals surface area contributed by atoms with Crippen molar-refractivity contribution in [1.82, 2.24) is 0 Å². The lowest BCUT2D eigenvalue weighted by molar-refractivity contribution is 0.627. The summed E-state index contributed by atoms with van der Waals surface area (Å²) in [6.45, 7) is 7.80. The highest BCUT2D eigenvalue weighted by Crippen LogP contribution is 2.29. The van der Waals surface area contributed by atoms with Crippen LogP contribution in [0.1, 0.15) is 32.4 Å². The molecule has 3 heteroatoms. The van der Waals surface area contributed by atoms with Crippen molar-refractivity contribution in [2.45, 2.75) is 38.1 Å². The second-order valence-electron chi connectivity index (χ2n) is 4.89. The molecule has 94 valence electrons. The summed E-state index contributed by atoms with van der Waals surface area (Å²) >= 11 is 2.07. The van der Waals surface area contributed by atoms with E-state index in [1.807, 2.05) is 6.92 Å². The third-order valence-corrected chi connectivity index (χ3v) is 4.97. The molecule has 1 aromatic rings. The van der Waals surface area contributed by atoms with Gasteiger partial charge in [-0.2, -0.15) is 11.8 Å². The molecule has 17 heavy (non-hydrogen) atoms. The van der Waals surface area contributed by atoms with Gasteiger partial charge in [0.05, 0.1) is 0 Å². The molecule has 0 saturated carbocycles. The van der Waals surface area contributed by atoms with Crippen molar-refractivity contribution in [2.75, 3.05) is 17.2 Å². The van der Waals surface area contributed by atoms with Crippen molar-refractivity contribution in [3.63, 3.8) is 0 Å². The van der Waals surface area contributed by atoms with E-state index in [2.05, 4.69) is 54.8 Å². The first-order valence-corrected chi connectivity index (χ1v) is 7.38. The average molecular weight is 250 g/mol. The predicted octanol–water partition coefficient (Wildman–Crippen LogP) is 3.04. The minimum absolute atomic E-state index is 0.123. The van der Waals surface area contributed by atoms with Gasteiger partial charge in [-0.05, 0) is 31.5 Å². The van der Waals surface area contributed by atoms with Crippen LogP contribution in [0.15, 0.2) is 24.3 Å². The summed E-state index contributed by atoms with van der Waals surface area (Å²) in [5.41, 5.74) is 8.41. The molecule has 1 heterocycles. The van der Waals surface area contributed by atoms with E-state index in [9.17, 15) is 0 Å². The quantitative estimate of drug-likeness (QED) is 0.875. The van der Waals surface area contributed by atoms with Crippen LogP contribution in [-0.2, 0) is 0 Å². The fraction of sp³-hybridized carbons (Fsp3) is 0.571. The van der Waals surface area contributed by atoms with Gasteiger partial charge in [0.25, 0.3) is 0 Å². The Hall–Kier alpha value is -0.670. The molecule has 1 aromatic carbocycles. The minimum atomic E-state index is 0.123. The summed E-state index contributed by atoms with van der Waals surface area (Å²) in [7, 11) is 0. The Morgan fingerprint density at radius 2 is 1.94 bits per heavy atom. The summed E-state index contributed by atoms with van der Waals surface area (Å²) in [5.74, 6) is 1.22. The Morgan fingerprint density at radius 3 is 2.53 bits per heavy atom. The maximum Gasteiger partial charge on any atom is 0.0378 e. The predicted molar refractivity (Wildman–Crippen MR) is 77.8 cm³/mol. The number of nitrogens with zero attached hydrogens (tertiary/aromatic N) is 1. The fourth-order valence-electron chi connectivity index (χ4n) is 2.27. The third kappa shape index (κ3) is 2.78. The molecule has 1 fully saturated rings. The highest BCUT2D eigenvalue weighted by molar-refractivity contribution is 8.00. The smallest absolute Gasteiger partial charge is 0.0378 e. The molecular weight excluding hydrogens is 228 g/mol. The highest BCUT2D eigenvalue weighted by Gasteiger charge is 2.25. The van der Waals surface area contributed by atoms with Gasteiger partial charge in [0.1, 0.15) is 0 Å². The number of hydrogen-bond acceptors (Lipinski definition) is 3. The van der Waals surface area contributed by atoms with E-state index in [1.165, 1.54) is 17.0 Å². The van der Waals surface area contributed by atoms with Crippen LogP contribution in [0.5, 0.6) is 0 Å². The van der Waals surface area contributed by atoms with Crippen molar-refractivity contribution in [2.24, 2.45) is 5.73 Å². The second kappa shape index (κ2) is 5.32. The molecule has 3 atom stereocenters. The standard InChI is InChI=1S/C14H22N2S/c1-10(15)13-4-6-14(7-5-13)16-8-9-17-12(3)11(16)2/h4-7,10-12H,8-9,15H2,1-3H3/t10-,11?,12?/m1/s1. The maximum absolute atomic E-state index is 5.87. The normalized spacial score (nSPS) is 26.9. The maximum atomic E-state index is 5.87. The molecule has 1 aliphatic rings. The van der Waals surface area contributed by atoms with Crippen LogP contribution in [0.25, 0.3) is 0 Å². The molecule has 2 rings (SSSR count). The molecule has 0 spiro atoms. The van der Waals surface area contributed by atoms with Crippen molar-refractivity contribution in [1.29, 1.82) is 0 Å². The SMILES string of the molecule is CC1SCCN(c2ccc([C@@H](C)N)cc2)C1C. The fourth-order valence-corrected chi connectivity index (χ4v) is 3.37. The number of nitrogens with two attached hydrogens (primary N) is 1. The molecule has 0 aliphatic carbocycles.